The summed E-state index contributed by atoms with van der Waals surface area (Å²) < 4.78 is 5.38. The molecule has 0 aliphatic carbocycles. The lowest BCUT2D eigenvalue weighted by molar-refractivity contribution is -0.131. The predicted octanol–water partition coefficient (Wildman–Crippen LogP) is 3.49. The highest BCUT2D eigenvalue weighted by atomic mass is 16.5. The third kappa shape index (κ3) is 4.72. The lowest BCUT2D eigenvalue weighted by atomic mass is 9.89. The van der Waals surface area contributed by atoms with Crippen LogP contribution >= 0.6 is 0 Å². The molecule has 2 amide bonds. The summed E-state index contributed by atoms with van der Waals surface area (Å²) in [4.78, 5) is 43.4. The molecule has 0 unspecified atom stereocenters. The summed E-state index contributed by atoms with van der Waals surface area (Å²) in [7, 11) is 1.55. The third-order valence-corrected chi connectivity index (χ3v) is 6.28. The van der Waals surface area contributed by atoms with E-state index < -0.39 is 5.91 Å². The van der Waals surface area contributed by atoms with Crippen LogP contribution in [-0.4, -0.2) is 47.7 Å². The standard InChI is InChI=1S/C26H27N3O4/c1-16(30)18-7-8-23(33-2)20(13-18)15-24(31)29-11-9-17(10-12-29)25-21(26(27)32)14-19-5-3-4-6-22(19)28-25/h3-8,13-14,17H,9-12,15H2,1-2H3,(H2,27,32). The number of ether oxygens (including phenoxy) is 1. The molecule has 4 rings (SSSR count). The van der Waals surface area contributed by atoms with Crippen LogP contribution in [0.15, 0.2) is 48.5 Å². The van der Waals surface area contributed by atoms with Crippen molar-refractivity contribution in [3.63, 3.8) is 0 Å². The van der Waals surface area contributed by atoms with E-state index >= 15 is 0 Å². The number of likely N-dealkylation sites (tertiary alicyclic amines) is 1. The number of benzene rings is 2. The predicted molar refractivity (Wildman–Crippen MR) is 126 cm³/mol. The Bertz CT molecular complexity index is 1230. The molecule has 0 bridgehead atoms. The zero-order chi connectivity index (χ0) is 23.5. The molecule has 0 saturated carbocycles. The first-order valence-electron chi connectivity index (χ1n) is 11.0. The molecule has 0 spiro atoms. The minimum absolute atomic E-state index is 0.0194. The summed E-state index contributed by atoms with van der Waals surface area (Å²) in [6, 6.07) is 14.6. The number of amides is 2. The molecule has 0 radical (unpaired) electrons. The van der Waals surface area contributed by atoms with Crippen LogP contribution in [0.3, 0.4) is 0 Å². The maximum atomic E-state index is 13.0. The van der Waals surface area contributed by atoms with Crippen LogP contribution < -0.4 is 10.5 Å². The molecule has 1 aliphatic rings. The summed E-state index contributed by atoms with van der Waals surface area (Å²) in [5, 5.41) is 0.879. The number of para-hydroxylation sites is 1. The number of carbonyl (C=O) groups is 3. The van der Waals surface area contributed by atoms with Crippen LogP contribution in [0.1, 0.15) is 57.7 Å². The van der Waals surface area contributed by atoms with E-state index in [0.29, 0.717) is 54.1 Å². The van der Waals surface area contributed by atoms with Crippen LogP contribution in [-0.2, 0) is 11.2 Å². The molecule has 7 heteroatoms. The number of nitrogens with two attached hydrogens (primary N) is 1. The Hall–Kier alpha value is -3.74. The smallest absolute Gasteiger partial charge is 0.250 e. The monoisotopic (exact) mass is 445 g/mol. The van der Waals surface area contributed by atoms with E-state index in [-0.39, 0.29) is 24.0 Å². The van der Waals surface area contributed by atoms with E-state index in [1.54, 1.807) is 25.3 Å². The van der Waals surface area contributed by atoms with Crippen LogP contribution in [0.25, 0.3) is 10.9 Å². The van der Waals surface area contributed by atoms with Gasteiger partial charge in [-0.25, -0.2) is 0 Å². The summed E-state index contributed by atoms with van der Waals surface area (Å²) >= 11 is 0. The van der Waals surface area contributed by atoms with Gasteiger partial charge >= 0.3 is 0 Å². The number of hydrogen-bond donors (Lipinski definition) is 1. The second kappa shape index (κ2) is 9.40. The number of pyridine rings is 1. The quantitative estimate of drug-likeness (QED) is 0.585. The molecule has 1 fully saturated rings. The number of rotatable bonds is 6. The molecule has 2 N–H and O–H groups in total. The number of ketones is 1. The zero-order valence-electron chi connectivity index (χ0n) is 18.8. The molecular formula is C26H27N3O4. The number of fused-ring (bicyclic) bond motifs is 1. The molecule has 2 aromatic carbocycles. The van der Waals surface area contributed by atoms with Gasteiger partial charge in [-0.3, -0.25) is 19.4 Å². The van der Waals surface area contributed by atoms with E-state index in [1.165, 1.54) is 6.92 Å². The largest absolute Gasteiger partial charge is 0.496 e. The van der Waals surface area contributed by atoms with Crippen molar-refractivity contribution in [1.29, 1.82) is 0 Å². The fraction of sp³-hybridized carbons (Fsp3) is 0.308. The van der Waals surface area contributed by atoms with E-state index in [1.807, 2.05) is 35.2 Å². The number of aromatic nitrogens is 1. The fourth-order valence-electron chi connectivity index (χ4n) is 4.45. The number of carbonyl (C=O) groups excluding carboxylic acids is 3. The van der Waals surface area contributed by atoms with Crippen molar-refractivity contribution in [2.24, 2.45) is 5.73 Å². The molecule has 1 aliphatic heterocycles. The molecule has 2 heterocycles. The van der Waals surface area contributed by atoms with Gasteiger partial charge in [0.25, 0.3) is 5.91 Å². The summed E-state index contributed by atoms with van der Waals surface area (Å²) in [6.07, 6.45) is 1.56. The second-order valence-electron chi connectivity index (χ2n) is 8.39. The van der Waals surface area contributed by atoms with E-state index in [0.717, 1.165) is 10.9 Å². The fourth-order valence-corrected chi connectivity index (χ4v) is 4.45. The van der Waals surface area contributed by atoms with Crippen molar-refractivity contribution < 1.29 is 19.1 Å². The van der Waals surface area contributed by atoms with Crippen molar-refractivity contribution in [1.82, 2.24) is 9.88 Å². The van der Waals surface area contributed by atoms with Gasteiger partial charge in [0, 0.05) is 35.5 Å². The maximum absolute atomic E-state index is 13.0. The summed E-state index contributed by atoms with van der Waals surface area (Å²) in [5.41, 5.74) is 8.90. The van der Waals surface area contributed by atoms with Gasteiger partial charge in [-0.1, -0.05) is 18.2 Å². The number of Topliss-reactive ketones (excluding diaryl/α,β-unsaturated/α-hetero) is 1. The van der Waals surface area contributed by atoms with Gasteiger partial charge in [0.2, 0.25) is 5.91 Å². The molecule has 1 aromatic heterocycles. The number of nitrogens with zero attached hydrogens (tertiary/aromatic N) is 2. The van der Waals surface area contributed by atoms with Crippen molar-refractivity contribution in [3.05, 3.63) is 70.9 Å². The number of hydrogen-bond acceptors (Lipinski definition) is 5. The number of primary amides is 1. The van der Waals surface area contributed by atoms with Crippen LogP contribution in [0.2, 0.25) is 0 Å². The number of methoxy groups -OCH3 is 1. The molecule has 0 atom stereocenters. The Kier molecular flexibility index (Phi) is 6.40. The SMILES string of the molecule is COc1ccc(C(C)=O)cc1CC(=O)N1CCC(c2nc3ccccc3cc2C(N)=O)CC1. The van der Waals surface area contributed by atoms with Gasteiger partial charge in [0.05, 0.1) is 30.3 Å². The minimum atomic E-state index is -0.487. The van der Waals surface area contributed by atoms with Gasteiger partial charge < -0.3 is 15.4 Å². The third-order valence-electron chi connectivity index (χ3n) is 6.28. The molecule has 7 nitrogen and oxygen atoms in total. The van der Waals surface area contributed by atoms with Gasteiger partial charge in [-0.15, -0.1) is 0 Å². The van der Waals surface area contributed by atoms with E-state index in [2.05, 4.69) is 0 Å². The van der Waals surface area contributed by atoms with Gasteiger partial charge in [-0.05, 0) is 50.1 Å². The van der Waals surface area contributed by atoms with E-state index in [9.17, 15) is 14.4 Å². The van der Waals surface area contributed by atoms with E-state index in [4.69, 9.17) is 15.5 Å². The first-order valence-corrected chi connectivity index (χ1v) is 11.0. The van der Waals surface area contributed by atoms with Crippen molar-refractivity contribution in [3.8, 4) is 5.75 Å². The Morgan fingerprint density at radius 3 is 2.48 bits per heavy atom. The molecule has 170 valence electrons. The lowest BCUT2D eigenvalue weighted by Gasteiger charge is -2.32. The average Bonchev–Trinajstić information content (AvgIpc) is 2.83. The van der Waals surface area contributed by atoms with Gasteiger partial charge in [-0.2, -0.15) is 0 Å². The molecule has 3 aromatic rings. The molecular weight excluding hydrogens is 418 g/mol. The molecule has 33 heavy (non-hydrogen) atoms. The maximum Gasteiger partial charge on any atom is 0.250 e. The highest BCUT2D eigenvalue weighted by Gasteiger charge is 2.28. The Labute approximate surface area is 192 Å². The Morgan fingerprint density at radius 1 is 1.09 bits per heavy atom. The normalized spacial score (nSPS) is 14.3. The van der Waals surface area contributed by atoms with Crippen molar-refractivity contribution >= 4 is 28.5 Å². The van der Waals surface area contributed by atoms with Crippen LogP contribution in [0.4, 0.5) is 0 Å². The van der Waals surface area contributed by atoms with Crippen molar-refractivity contribution in [2.45, 2.75) is 32.1 Å². The van der Waals surface area contributed by atoms with Crippen LogP contribution in [0.5, 0.6) is 5.75 Å². The Balaban J connectivity index is 1.49. The number of piperidine rings is 1. The second-order valence-corrected chi connectivity index (χ2v) is 8.39. The average molecular weight is 446 g/mol. The van der Waals surface area contributed by atoms with Crippen molar-refractivity contribution in [2.75, 3.05) is 20.2 Å². The summed E-state index contributed by atoms with van der Waals surface area (Å²) in [5.74, 6) is 0.0833. The zero-order valence-corrected chi connectivity index (χ0v) is 18.8. The minimum Gasteiger partial charge on any atom is -0.496 e. The van der Waals surface area contributed by atoms with Gasteiger partial charge in [0.15, 0.2) is 5.78 Å². The summed E-state index contributed by atoms with van der Waals surface area (Å²) in [6.45, 7) is 2.62. The first kappa shape index (κ1) is 22.5. The topological polar surface area (TPSA) is 103 Å². The lowest BCUT2D eigenvalue weighted by Crippen LogP contribution is -2.39. The van der Waals surface area contributed by atoms with Crippen LogP contribution in [0, 0.1) is 0 Å². The molecule has 1 saturated heterocycles. The highest BCUT2D eigenvalue weighted by Crippen LogP contribution is 2.31. The highest BCUT2D eigenvalue weighted by molar-refractivity contribution is 5.98. The van der Waals surface area contributed by atoms with Gasteiger partial charge in [0.1, 0.15) is 5.75 Å². The first-order chi connectivity index (χ1) is 15.9. The Morgan fingerprint density at radius 2 is 1.82 bits per heavy atom.